The maximum absolute atomic E-state index is 12.4. The van der Waals surface area contributed by atoms with Crippen LogP contribution in [0.5, 0.6) is 0 Å². The van der Waals surface area contributed by atoms with E-state index in [9.17, 15) is 19.2 Å². The van der Waals surface area contributed by atoms with Crippen LogP contribution in [0.4, 0.5) is 0 Å². The Bertz CT molecular complexity index is 680. The van der Waals surface area contributed by atoms with E-state index in [0.717, 1.165) is 11.3 Å². The maximum atomic E-state index is 12.4. The van der Waals surface area contributed by atoms with Crippen LogP contribution >= 0.6 is 0 Å². The molecule has 1 N–H and O–H groups in total. The van der Waals surface area contributed by atoms with E-state index in [1.165, 1.54) is 0 Å². The Balaban J connectivity index is 1.62. The van der Waals surface area contributed by atoms with Crippen LogP contribution < -0.4 is 0 Å². The van der Waals surface area contributed by atoms with Crippen molar-refractivity contribution < 1.29 is 24.3 Å². The summed E-state index contributed by atoms with van der Waals surface area (Å²) in [4.78, 5) is 50.4. The summed E-state index contributed by atoms with van der Waals surface area (Å²) in [6.45, 7) is 0.542. The van der Waals surface area contributed by atoms with Gasteiger partial charge in [0.15, 0.2) is 0 Å². The molecule has 1 aromatic carbocycles. The monoisotopic (exact) mass is 330 g/mol. The van der Waals surface area contributed by atoms with Gasteiger partial charge in [-0.25, -0.2) is 0 Å². The van der Waals surface area contributed by atoms with E-state index in [-0.39, 0.29) is 43.1 Å². The highest BCUT2D eigenvalue weighted by molar-refractivity contribution is 6.21. The molecule has 3 amide bonds. The van der Waals surface area contributed by atoms with Gasteiger partial charge >= 0.3 is 5.97 Å². The first-order valence-corrected chi connectivity index (χ1v) is 7.95. The van der Waals surface area contributed by atoms with E-state index < -0.39 is 5.97 Å². The van der Waals surface area contributed by atoms with Gasteiger partial charge in [0.1, 0.15) is 0 Å². The zero-order chi connectivity index (χ0) is 17.3. The van der Waals surface area contributed by atoms with Gasteiger partial charge < -0.3 is 10.0 Å². The molecule has 3 rings (SSSR count). The lowest BCUT2D eigenvalue weighted by molar-refractivity contribution is -0.139. The number of carbonyl (C=O) groups excluding carboxylic acids is 3. The van der Waals surface area contributed by atoms with Crippen LogP contribution in [-0.4, -0.2) is 57.7 Å². The summed E-state index contributed by atoms with van der Waals surface area (Å²) in [5.74, 6) is -1.91. The van der Waals surface area contributed by atoms with Gasteiger partial charge in [-0.3, -0.25) is 24.1 Å². The molecule has 2 heterocycles. The van der Waals surface area contributed by atoms with Crippen LogP contribution in [0.15, 0.2) is 24.3 Å². The average molecular weight is 330 g/mol. The first-order valence-electron chi connectivity index (χ1n) is 7.95. The Morgan fingerprint density at radius 1 is 1.12 bits per heavy atom. The number of carboxylic acid groups (broad SMARTS) is 1. The van der Waals surface area contributed by atoms with Crippen LogP contribution in [0, 0.1) is 0 Å². The van der Waals surface area contributed by atoms with Crippen LogP contribution in [0.25, 0.3) is 0 Å². The lowest BCUT2D eigenvalue weighted by Crippen LogP contribution is -2.39. The number of benzene rings is 1. The second kappa shape index (κ2) is 6.43. The molecular formula is C17H18N2O5. The van der Waals surface area contributed by atoms with Gasteiger partial charge in [-0.05, 0) is 25.0 Å². The van der Waals surface area contributed by atoms with Crippen LogP contribution in [0.3, 0.4) is 0 Å². The van der Waals surface area contributed by atoms with E-state index >= 15 is 0 Å². The number of imide groups is 1. The second-order valence-corrected chi connectivity index (χ2v) is 6.04. The largest absolute Gasteiger partial charge is 0.481 e. The molecule has 0 spiro atoms. The first-order chi connectivity index (χ1) is 11.5. The van der Waals surface area contributed by atoms with Gasteiger partial charge in [-0.15, -0.1) is 0 Å². The summed E-state index contributed by atoms with van der Waals surface area (Å²) in [7, 11) is 0. The molecule has 126 valence electrons. The minimum atomic E-state index is -0.931. The van der Waals surface area contributed by atoms with Crippen molar-refractivity contribution in [3.63, 3.8) is 0 Å². The second-order valence-electron chi connectivity index (χ2n) is 6.04. The Morgan fingerprint density at radius 3 is 2.33 bits per heavy atom. The van der Waals surface area contributed by atoms with Gasteiger partial charge in [0.25, 0.3) is 11.8 Å². The fourth-order valence-corrected chi connectivity index (χ4v) is 3.37. The summed E-state index contributed by atoms with van der Waals surface area (Å²) in [6, 6.07) is 6.29. The molecular weight excluding hydrogens is 312 g/mol. The van der Waals surface area contributed by atoms with Crippen LogP contribution in [0.1, 0.15) is 46.4 Å². The van der Waals surface area contributed by atoms with E-state index in [4.69, 9.17) is 5.11 Å². The van der Waals surface area contributed by atoms with Gasteiger partial charge in [0, 0.05) is 25.6 Å². The Kier molecular flexibility index (Phi) is 4.33. The Hall–Kier alpha value is -2.70. The summed E-state index contributed by atoms with van der Waals surface area (Å²) < 4.78 is 0. The average Bonchev–Trinajstić information content (AvgIpc) is 3.10. The van der Waals surface area contributed by atoms with Crippen molar-refractivity contribution in [2.45, 2.75) is 31.7 Å². The van der Waals surface area contributed by atoms with Gasteiger partial charge in [-0.2, -0.15) is 0 Å². The third-order valence-electron chi connectivity index (χ3n) is 4.54. The summed E-state index contributed by atoms with van der Waals surface area (Å²) in [5, 5.41) is 8.91. The lowest BCUT2D eigenvalue weighted by Gasteiger charge is -2.24. The smallest absolute Gasteiger partial charge is 0.305 e. The van der Waals surface area contributed by atoms with Gasteiger partial charge in [0.05, 0.1) is 17.5 Å². The summed E-state index contributed by atoms with van der Waals surface area (Å²) >= 11 is 0. The number of fused-ring (bicyclic) bond motifs is 1. The van der Waals surface area contributed by atoms with Crippen molar-refractivity contribution in [1.29, 1.82) is 0 Å². The summed E-state index contributed by atoms with van der Waals surface area (Å²) in [6.07, 6.45) is 1.39. The number of aliphatic carboxylic acids is 1. The fraction of sp³-hybridized carbons (Fsp3) is 0.412. The normalized spacial score (nSPS) is 19.8. The molecule has 1 atom stereocenters. The highest BCUT2D eigenvalue weighted by Crippen LogP contribution is 2.24. The van der Waals surface area contributed by atoms with Crippen molar-refractivity contribution in [3.8, 4) is 0 Å². The van der Waals surface area contributed by atoms with Crippen LogP contribution in [0.2, 0.25) is 0 Å². The molecule has 0 bridgehead atoms. The number of likely N-dealkylation sites (tertiary alicyclic amines) is 1. The molecule has 1 fully saturated rings. The predicted octanol–water partition coefficient (Wildman–Crippen LogP) is 1.14. The van der Waals surface area contributed by atoms with E-state index in [1.54, 1.807) is 29.2 Å². The Labute approximate surface area is 138 Å². The van der Waals surface area contributed by atoms with Crippen molar-refractivity contribution >= 4 is 23.7 Å². The van der Waals surface area contributed by atoms with Crippen molar-refractivity contribution in [1.82, 2.24) is 9.80 Å². The van der Waals surface area contributed by atoms with E-state index in [2.05, 4.69) is 0 Å². The van der Waals surface area contributed by atoms with Crippen LogP contribution in [-0.2, 0) is 9.59 Å². The minimum Gasteiger partial charge on any atom is -0.481 e. The highest BCUT2D eigenvalue weighted by atomic mass is 16.4. The molecule has 2 aliphatic rings. The standard InChI is InChI=1S/C17H18N2O5/c20-14(18-8-3-4-11(18)10-15(21)22)7-9-19-16(23)12-5-1-2-6-13(12)17(19)24/h1-2,5-6,11H,3-4,7-10H2,(H,21,22). The zero-order valence-corrected chi connectivity index (χ0v) is 13.1. The van der Waals surface area contributed by atoms with Crippen molar-refractivity contribution in [2.75, 3.05) is 13.1 Å². The molecule has 24 heavy (non-hydrogen) atoms. The number of rotatable bonds is 5. The molecule has 0 aromatic heterocycles. The molecule has 2 aliphatic heterocycles. The molecule has 1 aromatic rings. The van der Waals surface area contributed by atoms with E-state index in [1.807, 2.05) is 0 Å². The summed E-state index contributed by atoms with van der Waals surface area (Å²) in [5.41, 5.74) is 0.722. The first kappa shape index (κ1) is 16.2. The van der Waals surface area contributed by atoms with Crippen molar-refractivity contribution in [2.24, 2.45) is 0 Å². The number of carboxylic acids is 1. The molecule has 0 radical (unpaired) electrons. The number of hydrogen-bond acceptors (Lipinski definition) is 4. The fourth-order valence-electron chi connectivity index (χ4n) is 3.37. The Morgan fingerprint density at radius 2 is 1.75 bits per heavy atom. The SMILES string of the molecule is O=C(O)CC1CCCN1C(=O)CCN1C(=O)c2ccccc2C1=O. The molecule has 7 heteroatoms. The molecule has 1 saturated heterocycles. The molecule has 0 aliphatic carbocycles. The van der Waals surface area contributed by atoms with Crippen molar-refractivity contribution in [3.05, 3.63) is 35.4 Å². The zero-order valence-electron chi connectivity index (χ0n) is 13.1. The highest BCUT2D eigenvalue weighted by Gasteiger charge is 2.36. The van der Waals surface area contributed by atoms with E-state index in [0.29, 0.717) is 24.1 Å². The minimum absolute atomic E-state index is 0.0153. The number of nitrogens with zero attached hydrogens (tertiary/aromatic N) is 2. The molecule has 7 nitrogen and oxygen atoms in total. The number of hydrogen-bond donors (Lipinski definition) is 1. The number of amides is 3. The third kappa shape index (κ3) is 2.89. The predicted molar refractivity (Wildman–Crippen MR) is 83.4 cm³/mol. The topological polar surface area (TPSA) is 95.0 Å². The number of carbonyl (C=O) groups is 4. The van der Waals surface area contributed by atoms with Gasteiger partial charge in [0.2, 0.25) is 5.91 Å². The quantitative estimate of drug-likeness (QED) is 0.817. The maximum Gasteiger partial charge on any atom is 0.305 e. The third-order valence-corrected chi connectivity index (χ3v) is 4.54. The lowest BCUT2D eigenvalue weighted by atomic mass is 10.1. The van der Waals surface area contributed by atoms with Gasteiger partial charge in [-0.1, -0.05) is 12.1 Å². The molecule has 0 saturated carbocycles. The molecule has 1 unspecified atom stereocenters.